The minimum absolute atomic E-state index is 0.121. The number of aromatic nitrogens is 7. The van der Waals surface area contributed by atoms with Crippen molar-refractivity contribution in [1.29, 1.82) is 0 Å². The number of aryl methyl sites for hydroxylation is 1. The molecule has 37 heavy (non-hydrogen) atoms. The summed E-state index contributed by atoms with van der Waals surface area (Å²) in [5.41, 5.74) is 7.45. The number of anilines is 1. The van der Waals surface area contributed by atoms with E-state index in [-0.39, 0.29) is 34.1 Å². The Morgan fingerprint density at radius 3 is 2.70 bits per heavy atom. The molecule has 0 aliphatic heterocycles. The van der Waals surface area contributed by atoms with Crippen molar-refractivity contribution < 1.29 is 9.13 Å². The molecule has 11 nitrogen and oxygen atoms in total. The second-order valence-corrected chi connectivity index (χ2v) is 8.00. The maximum absolute atomic E-state index is 14.8. The van der Waals surface area contributed by atoms with Gasteiger partial charge in [-0.2, -0.15) is 10.2 Å². The van der Waals surface area contributed by atoms with E-state index in [0.29, 0.717) is 29.3 Å². The van der Waals surface area contributed by atoms with Crippen molar-refractivity contribution in [3.8, 4) is 17.1 Å². The smallest absolute Gasteiger partial charge is 0.269 e. The fraction of sp³-hybridized carbons (Fsp3) is 0.160. The predicted octanol–water partition coefficient (Wildman–Crippen LogP) is 3.33. The lowest BCUT2D eigenvalue weighted by molar-refractivity contribution is 0.412. The van der Waals surface area contributed by atoms with Crippen LogP contribution in [0.3, 0.4) is 0 Å². The SMILES string of the molecule is CCC(=Nc1ncnc(N)c1-n1ncc(C)n1)c1nc2cccc(F)c2c(=O)n1-c1ccccc1OC. The first kappa shape index (κ1) is 23.7. The van der Waals surface area contributed by atoms with E-state index in [1.165, 1.54) is 34.9 Å². The van der Waals surface area contributed by atoms with Crippen LogP contribution in [0.4, 0.5) is 16.0 Å². The van der Waals surface area contributed by atoms with Crippen molar-refractivity contribution >= 4 is 28.3 Å². The van der Waals surface area contributed by atoms with Crippen LogP contribution in [0.5, 0.6) is 5.75 Å². The monoisotopic (exact) mass is 499 g/mol. The first-order valence-electron chi connectivity index (χ1n) is 11.3. The molecule has 0 amide bonds. The van der Waals surface area contributed by atoms with Crippen LogP contribution < -0.4 is 16.0 Å². The summed E-state index contributed by atoms with van der Waals surface area (Å²) >= 11 is 0. The van der Waals surface area contributed by atoms with Gasteiger partial charge in [-0.1, -0.05) is 25.1 Å². The van der Waals surface area contributed by atoms with Crippen LogP contribution in [0.15, 0.2) is 64.8 Å². The molecule has 3 heterocycles. The summed E-state index contributed by atoms with van der Waals surface area (Å²) in [5.74, 6) is 0.228. The first-order valence-corrected chi connectivity index (χ1v) is 11.3. The van der Waals surface area contributed by atoms with Crippen LogP contribution in [0, 0.1) is 12.7 Å². The number of halogens is 1. The van der Waals surface area contributed by atoms with Crippen LogP contribution >= 0.6 is 0 Å². The zero-order chi connectivity index (χ0) is 26.1. The molecule has 0 atom stereocenters. The molecule has 0 spiro atoms. The third kappa shape index (κ3) is 4.18. The topological polar surface area (TPSA) is 139 Å². The number of hydrogen-bond acceptors (Lipinski definition) is 9. The molecule has 12 heteroatoms. The lowest BCUT2D eigenvalue weighted by Crippen LogP contribution is -2.28. The average Bonchev–Trinajstić information content (AvgIpc) is 3.32. The summed E-state index contributed by atoms with van der Waals surface area (Å²) in [4.78, 5) is 32.8. The quantitative estimate of drug-likeness (QED) is 0.351. The minimum atomic E-state index is -0.675. The number of benzene rings is 2. The number of nitrogens with zero attached hydrogens (tertiary/aromatic N) is 8. The second kappa shape index (κ2) is 9.57. The van der Waals surface area contributed by atoms with E-state index in [2.05, 4.69) is 25.1 Å². The van der Waals surface area contributed by atoms with Gasteiger partial charge >= 0.3 is 0 Å². The molecule has 0 unspecified atom stereocenters. The van der Waals surface area contributed by atoms with Crippen LogP contribution in [0.1, 0.15) is 24.9 Å². The maximum Gasteiger partial charge on any atom is 0.269 e. The van der Waals surface area contributed by atoms with Gasteiger partial charge in [-0.15, -0.1) is 4.80 Å². The summed E-state index contributed by atoms with van der Waals surface area (Å²) in [6.45, 7) is 3.64. The Bertz CT molecular complexity index is 1730. The number of rotatable bonds is 6. The molecule has 5 rings (SSSR count). The van der Waals surface area contributed by atoms with Crippen molar-refractivity contribution in [3.05, 3.63) is 82.7 Å². The maximum atomic E-state index is 14.8. The summed E-state index contributed by atoms with van der Waals surface area (Å²) in [6, 6.07) is 11.2. The third-order valence-corrected chi connectivity index (χ3v) is 5.64. The number of methoxy groups -OCH3 is 1. The van der Waals surface area contributed by atoms with Gasteiger partial charge in [-0.05, 0) is 37.6 Å². The Morgan fingerprint density at radius 2 is 1.97 bits per heavy atom. The van der Waals surface area contributed by atoms with E-state index in [0.717, 1.165) is 0 Å². The van der Waals surface area contributed by atoms with Gasteiger partial charge in [0, 0.05) is 0 Å². The van der Waals surface area contributed by atoms with Gasteiger partial charge in [0.1, 0.15) is 23.3 Å². The van der Waals surface area contributed by atoms with Gasteiger partial charge in [-0.25, -0.2) is 24.3 Å². The number of para-hydroxylation sites is 2. The molecular weight excluding hydrogens is 477 g/mol. The molecular formula is C25H22FN9O2. The predicted molar refractivity (Wildman–Crippen MR) is 136 cm³/mol. The summed E-state index contributed by atoms with van der Waals surface area (Å²) < 4.78 is 21.6. The molecule has 2 N–H and O–H groups in total. The zero-order valence-electron chi connectivity index (χ0n) is 20.3. The van der Waals surface area contributed by atoms with Crippen LogP contribution in [0.25, 0.3) is 22.3 Å². The summed E-state index contributed by atoms with van der Waals surface area (Å²) in [5, 5.41) is 8.38. The van der Waals surface area contributed by atoms with Crippen LogP contribution in [-0.2, 0) is 0 Å². The number of fused-ring (bicyclic) bond motifs is 1. The normalized spacial score (nSPS) is 11.7. The summed E-state index contributed by atoms with van der Waals surface area (Å²) in [7, 11) is 1.49. The lowest BCUT2D eigenvalue weighted by Gasteiger charge is -2.17. The minimum Gasteiger partial charge on any atom is -0.495 e. The number of nitrogens with two attached hydrogens (primary N) is 1. The Morgan fingerprint density at radius 1 is 1.16 bits per heavy atom. The number of aliphatic imine (C=N–C) groups is 1. The van der Waals surface area contributed by atoms with Crippen LogP contribution in [-0.4, -0.2) is 47.3 Å². The Balaban J connectivity index is 1.84. The van der Waals surface area contributed by atoms with E-state index < -0.39 is 11.4 Å². The highest BCUT2D eigenvalue weighted by Crippen LogP contribution is 2.27. The van der Waals surface area contributed by atoms with E-state index in [1.54, 1.807) is 43.5 Å². The highest BCUT2D eigenvalue weighted by atomic mass is 19.1. The van der Waals surface area contributed by atoms with E-state index in [1.807, 2.05) is 6.92 Å². The highest BCUT2D eigenvalue weighted by Gasteiger charge is 2.22. The molecule has 186 valence electrons. The largest absolute Gasteiger partial charge is 0.495 e. The van der Waals surface area contributed by atoms with E-state index in [9.17, 15) is 9.18 Å². The van der Waals surface area contributed by atoms with Gasteiger partial charge < -0.3 is 10.5 Å². The van der Waals surface area contributed by atoms with Crippen LogP contribution in [0.2, 0.25) is 0 Å². The van der Waals surface area contributed by atoms with Crippen molar-refractivity contribution in [2.24, 2.45) is 4.99 Å². The zero-order valence-corrected chi connectivity index (χ0v) is 20.3. The Hall–Kier alpha value is -5.00. The Kier molecular flexibility index (Phi) is 6.14. The molecule has 0 aliphatic carbocycles. The van der Waals surface area contributed by atoms with Gasteiger partial charge in [0.25, 0.3) is 5.56 Å². The Labute approximate surface area is 210 Å². The standard InChI is InChI=1S/C25H22FN9O2/c1-4-16(31-23-21(22(27)28-13-29-23)35-30-12-14(2)33-35)24-32-17-9-7-8-15(26)20(17)25(36)34(24)18-10-5-6-11-19(18)37-3/h5-13H,4H2,1-3H3,(H2,27,28,29). The highest BCUT2D eigenvalue weighted by molar-refractivity contribution is 6.01. The molecule has 3 aromatic heterocycles. The van der Waals surface area contributed by atoms with E-state index in [4.69, 9.17) is 15.5 Å². The van der Waals surface area contributed by atoms with Crippen molar-refractivity contribution in [2.75, 3.05) is 12.8 Å². The molecule has 0 fully saturated rings. The van der Waals surface area contributed by atoms with Crippen molar-refractivity contribution in [2.45, 2.75) is 20.3 Å². The first-order chi connectivity index (χ1) is 17.9. The van der Waals surface area contributed by atoms with Gasteiger partial charge in [0.2, 0.25) is 0 Å². The molecule has 5 aromatic rings. The fourth-order valence-electron chi connectivity index (χ4n) is 3.94. The molecule has 0 saturated heterocycles. The van der Waals surface area contributed by atoms with E-state index >= 15 is 0 Å². The van der Waals surface area contributed by atoms with Crippen molar-refractivity contribution in [1.82, 2.24) is 34.5 Å². The number of nitrogen functional groups attached to an aromatic ring is 1. The van der Waals surface area contributed by atoms with Crippen molar-refractivity contribution in [3.63, 3.8) is 0 Å². The van der Waals surface area contributed by atoms with Gasteiger partial charge in [-0.3, -0.25) is 9.36 Å². The second-order valence-electron chi connectivity index (χ2n) is 8.00. The number of ether oxygens (including phenoxy) is 1. The van der Waals surface area contributed by atoms with Gasteiger partial charge in [0.15, 0.2) is 23.1 Å². The summed E-state index contributed by atoms with van der Waals surface area (Å²) in [6.07, 6.45) is 3.19. The molecule has 0 bridgehead atoms. The molecule has 2 aromatic carbocycles. The number of hydrogen-bond donors (Lipinski definition) is 1. The molecule has 0 radical (unpaired) electrons. The molecule has 0 saturated carbocycles. The average molecular weight is 500 g/mol. The molecule has 0 aliphatic rings. The fourth-order valence-corrected chi connectivity index (χ4v) is 3.94. The van der Waals surface area contributed by atoms with Gasteiger partial charge in [0.05, 0.1) is 35.9 Å². The third-order valence-electron chi connectivity index (χ3n) is 5.64. The lowest BCUT2D eigenvalue weighted by atomic mass is 10.1.